The van der Waals surface area contributed by atoms with Crippen LogP contribution in [0.25, 0.3) is 0 Å². The molecule has 9 amide bonds. The van der Waals surface area contributed by atoms with Crippen molar-refractivity contribution in [2.24, 2.45) is 33.8 Å². The lowest BCUT2D eigenvalue weighted by molar-refractivity contribution is -0.148. The first-order chi connectivity index (χ1) is 33.5. The van der Waals surface area contributed by atoms with Gasteiger partial charge in [0.15, 0.2) is 5.96 Å². The third-order valence-electron chi connectivity index (χ3n) is 12.5. The molecule has 0 aromatic carbocycles. The third kappa shape index (κ3) is 17.8. The molecular weight excluding hydrogens is 951 g/mol. The highest BCUT2D eigenvalue weighted by Crippen LogP contribution is 2.27. The van der Waals surface area contributed by atoms with Crippen molar-refractivity contribution in [2.45, 2.75) is 158 Å². The number of carboxylic acids is 1. The van der Waals surface area contributed by atoms with Gasteiger partial charge in [0.2, 0.25) is 53.2 Å². The second-order valence-corrected chi connectivity index (χ2v) is 19.5. The molecule has 26 nitrogen and oxygen atoms in total. The number of likely N-dealkylation sites (tertiary alicyclic amines) is 3. The first-order valence-corrected chi connectivity index (χ1v) is 25.4. The molecule has 0 aromatic heterocycles. The summed E-state index contributed by atoms with van der Waals surface area (Å²) in [5.74, 6) is -7.92. The number of aliphatic imine (C=N–C) groups is 1. The standard InChI is InChI=1S/C44H75N13O13S/c1-23(2)21-28(52-37(63)30-10-6-17-55(30)40(66)25(45)15-20-71-4)35(61)53-29(22-58)36(62)50-26(13-14-33(46)60)41(67)57-19-8-12-32(57)42(68)56-18-7-11-31(56)38(64)54-34(24(3)59)39(65)51-27(43(69)70)9-5-16-49-44(47)48/h23-32,34,58-59H,5-22,45H2,1-4H3,(H2,46,60)(H,50,62)(H,51,65)(H,52,63)(H,53,61)(H,54,64)(H,69,70)(H4,47,48,49)/t24-,25+,26+,27+,28+,29+,30+,31+,32+,34+/m1/s1. The highest BCUT2D eigenvalue weighted by atomic mass is 32.2. The Hall–Kier alpha value is -5.80. The SMILES string of the molecule is CSCC[C@H](N)C(=O)N1CCC[C@H]1C(=O)N[C@@H](CC(C)C)C(=O)N[C@@H](CO)C(=O)N[C@@H](CCC(N)=O)C(=O)N1CCC[C@H]1C(=O)N1CCC[C@H]1C(=O)N[C@H](C(=O)N[C@@H](CCCN=C(N)N)C(=O)O)[C@@H](C)O. The lowest BCUT2D eigenvalue weighted by Gasteiger charge is -2.34. The van der Waals surface area contributed by atoms with E-state index in [0.29, 0.717) is 44.4 Å². The summed E-state index contributed by atoms with van der Waals surface area (Å²) in [7, 11) is 0. The van der Waals surface area contributed by atoms with Crippen molar-refractivity contribution in [2.75, 3.05) is 44.8 Å². The van der Waals surface area contributed by atoms with Gasteiger partial charge in [0.05, 0.1) is 18.8 Å². The fourth-order valence-corrected chi connectivity index (χ4v) is 9.29. The summed E-state index contributed by atoms with van der Waals surface area (Å²) in [4.78, 5) is 141. The molecule has 0 spiro atoms. The first kappa shape index (κ1) is 59.5. The van der Waals surface area contributed by atoms with Gasteiger partial charge in [0.1, 0.15) is 48.3 Å². The van der Waals surface area contributed by atoms with Crippen LogP contribution >= 0.6 is 11.8 Å². The largest absolute Gasteiger partial charge is 0.480 e. The maximum absolute atomic E-state index is 14.3. The summed E-state index contributed by atoms with van der Waals surface area (Å²) in [6.07, 6.45) is 2.19. The third-order valence-corrected chi connectivity index (χ3v) is 13.2. The molecule has 3 saturated heterocycles. The summed E-state index contributed by atoms with van der Waals surface area (Å²) >= 11 is 1.53. The minimum absolute atomic E-state index is 0.0361. The first-order valence-electron chi connectivity index (χ1n) is 24.1. The Bertz CT molecular complexity index is 1940. The second-order valence-electron chi connectivity index (χ2n) is 18.5. The summed E-state index contributed by atoms with van der Waals surface area (Å²) in [6.45, 7) is 4.40. The van der Waals surface area contributed by atoms with Crippen molar-refractivity contribution in [3.63, 3.8) is 0 Å². The van der Waals surface area contributed by atoms with Gasteiger partial charge >= 0.3 is 5.97 Å². The second kappa shape index (κ2) is 28.9. The predicted molar refractivity (Wildman–Crippen MR) is 259 cm³/mol. The number of carbonyl (C=O) groups excluding carboxylic acids is 9. The zero-order valence-corrected chi connectivity index (χ0v) is 41.8. The fourth-order valence-electron chi connectivity index (χ4n) is 8.80. The Balaban J connectivity index is 1.74. The molecule has 10 atom stereocenters. The van der Waals surface area contributed by atoms with Crippen LogP contribution in [0.5, 0.6) is 0 Å². The van der Waals surface area contributed by atoms with Crippen LogP contribution in [0, 0.1) is 5.92 Å². The number of amides is 9. The monoisotopic (exact) mass is 1030 g/mol. The Morgan fingerprint density at radius 2 is 1.21 bits per heavy atom. The molecule has 3 rings (SSSR count). The van der Waals surface area contributed by atoms with Gasteiger partial charge in [-0.1, -0.05) is 13.8 Å². The average Bonchev–Trinajstić information content (AvgIpc) is 4.12. The van der Waals surface area contributed by atoms with Crippen molar-refractivity contribution >= 4 is 76.9 Å². The number of hydrogen-bond acceptors (Lipinski definition) is 15. The number of aliphatic hydroxyl groups is 2. The van der Waals surface area contributed by atoms with E-state index < -0.39 is 120 Å². The topological polar surface area (TPSA) is 418 Å². The molecule has 0 radical (unpaired) electrons. The highest BCUT2D eigenvalue weighted by molar-refractivity contribution is 7.98. The number of guanidine groups is 1. The smallest absolute Gasteiger partial charge is 0.326 e. The Morgan fingerprint density at radius 3 is 1.76 bits per heavy atom. The summed E-state index contributed by atoms with van der Waals surface area (Å²) in [6, 6.07) is -11.4. The van der Waals surface area contributed by atoms with Crippen LogP contribution in [0.4, 0.5) is 0 Å². The summed E-state index contributed by atoms with van der Waals surface area (Å²) < 4.78 is 0. The van der Waals surface area contributed by atoms with E-state index >= 15 is 0 Å². The maximum Gasteiger partial charge on any atom is 0.326 e. The zero-order valence-electron chi connectivity index (χ0n) is 41.0. The van der Waals surface area contributed by atoms with Gasteiger partial charge in [-0.15, -0.1) is 0 Å². The van der Waals surface area contributed by atoms with Crippen molar-refractivity contribution in [1.29, 1.82) is 0 Å². The van der Waals surface area contributed by atoms with E-state index in [4.69, 9.17) is 22.9 Å². The van der Waals surface area contributed by atoms with Crippen molar-refractivity contribution in [3.05, 3.63) is 0 Å². The van der Waals surface area contributed by atoms with Gasteiger partial charge in [-0.3, -0.25) is 48.1 Å². The van der Waals surface area contributed by atoms with Crippen LogP contribution in [0.1, 0.15) is 97.8 Å². The molecule has 0 saturated carbocycles. The summed E-state index contributed by atoms with van der Waals surface area (Å²) in [5.41, 5.74) is 22.2. The van der Waals surface area contributed by atoms with E-state index in [0.717, 1.165) is 0 Å². The molecule has 0 bridgehead atoms. The molecular formula is C44H75N13O13S. The molecule has 16 N–H and O–H groups in total. The molecule has 3 heterocycles. The van der Waals surface area contributed by atoms with Gasteiger partial charge in [0, 0.05) is 32.6 Å². The lowest BCUT2D eigenvalue weighted by atomic mass is 10.0. The van der Waals surface area contributed by atoms with Crippen molar-refractivity contribution in [3.8, 4) is 0 Å². The normalized spacial score (nSPS) is 20.7. The van der Waals surface area contributed by atoms with Gasteiger partial charge in [-0.25, -0.2) is 4.79 Å². The number of rotatable bonds is 28. The number of nitrogens with one attached hydrogen (secondary N) is 5. The van der Waals surface area contributed by atoms with E-state index in [1.165, 1.54) is 33.4 Å². The van der Waals surface area contributed by atoms with Crippen LogP contribution < -0.4 is 49.5 Å². The number of primary amides is 1. The Labute approximate surface area is 417 Å². The van der Waals surface area contributed by atoms with E-state index in [1.54, 1.807) is 13.8 Å². The minimum Gasteiger partial charge on any atom is -0.480 e. The lowest BCUT2D eigenvalue weighted by Crippen LogP contribution is -2.61. The van der Waals surface area contributed by atoms with Crippen LogP contribution in [-0.2, 0) is 47.9 Å². The van der Waals surface area contributed by atoms with Crippen LogP contribution in [0.2, 0.25) is 0 Å². The van der Waals surface area contributed by atoms with E-state index in [9.17, 15) is 63.3 Å². The van der Waals surface area contributed by atoms with Crippen LogP contribution in [0.15, 0.2) is 4.99 Å². The van der Waals surface area contributed by atoms with Crippen LogP contribution in [-0.4, -0.2) is 200 Å². The Kier molecular flexibility index (Phi) is 24.2. The number of carboxylic acid groups (broad SMARTS) is 1. The van der Waals surface area contributed by atoms with E-state index in [-0.39, 0.29) is 82.4 Å². The molecule has 71 heavy (non-hydrogen) atoms. The number of aliphatic hydroxyl groups excluding tert-OH is 2. The molecule has 400 valence electrons. The number of nitrogens with zero attached hydrogens (tertiary/aromatic N) is 4. The molecule has 0 aliphatic carbocycles. The average molecular weight is 1030 g/mol. The quantitative estimate of drug-likeness (QED) is 0.0199. The van der Waals surface area contributed by atoms with Crippen molar-refractivity contribution in [1.82, 2.24) is 41.3 Å². The maximum atomic E-state index is 14.3. The number of nitrogens with two attached hydrogens (primary N) is 4. The molecule has 3 fully saturated rings. The molecule has 3 aliphatic rings. The van der Waals surface area contributed by atoms with Gasteiger partial charge in [-0.05, 0) is 95.5 Å². The number of carbonyl (C=O) groups is 10. The molecule has 27 heteroatoms. The molecule has 0 unspecified atom stereocenters. The zero-order chi connectivity index (χ0) is 53.1. The highest BCUT2D eigenvalue weighted by Gasteiger charge is 2.45. The minimum atomic E-state index is -1.66. The molecule has 3 aliphatic heterocycles. The molecule has 0 aromatic rings. The van der Waals surface area contributed by atoms with Gasteiger partial charge in [-0.2, -0.15) is 11.8 Å². The van der Waals surface area contributed by atoms with Crippen molar-refractivity contribution < 1.29 is 63.3 Å². The van der Waals surface area contributed by atoms with Gasteiger partial charge in [0.25, 0.3) is 0 Å². The van der Waals surface area contributed by atoms with Gasteiger partial charge < -0.3 is 79.5 Å². The van der Waals surface area contributed by atoms with E-state index in [1.807, 2.05) is 6.26 Å². The Morgan fingerprint density at radius 1 is 0.676 bits per heavy atom. The summed E-state index contributed by atoms with van der Waals surface area (Å²) in [5, 5.41) is 42.9. The number of hydrogen-bond donors (Lipinski definition) is 12. The predicted octanol–water partition coefficient (Wildman–Crippen LogP) is -4.71. The van der Waals surface area contributed by atoms with E-state index in [2.05, 4.69) is 31.6 Å². The number of aliphatic carboxylic acids is 1. The fraction of sp³-hybridized carbons (Fsp3) is 0.750. The van der Waals surface area contributed by atoms with Crippen LogP contribution in [0.3, 0.4) is 0 Å². The number of thioether (sulfide) groups is 1.